The van der Waals surface area contributed by atoms with Gasteiger partial charge in [-0.1, -0.05) is 6.07 Å². The SMILES string of the molecule is COc1cc(-c2cnn(C)c2N)ccc1NC(=O)OC(C)(C)C. The second-order valence-electron chi connectivity index (χ2n) is 6.11. The molecule has 7 nitrogen and oxygen atoms in total. The molecule has 3 N–H and O–H groups in total. The number of nitrogens with one attached hydrogen (secondary N) is 1. The number of nitrogens with zero attached hydrogens (tertiary/aromatic N) is 2. The van der Waals surface area contributed by atoms with Crippen LogP contribution in [0.15, 0.2) is 24.4 Å². The van der Waals surface area contributed by atoms with Gasteiger partial charge in [0.1, 0.15) is 17.2 Å². The smallest absolute Gasteiger partial charge is 0.412 e. The average molecular weight is 318 g/mol. The minimum absolute atomic E-state index is 0.511. The number of nitrogen functional groups attached to an aromatic ring is 1. The van der Waals surface area contributed by atoms with E-state index in [4.69, 9.17) is 15.2 Å². The zero-order valence-corrected chi connectivity index (χ0v) is 14.0. The summed E-state index contributed by atoms with van der Waals surface area (Å²) in [6.45, 7) is 5.41. The number of carbonyl (C=O) groups excluding carboxylic acids is 1. The molecule has 1 heterocycles. The molecule has 23 heavy (non-hydrogen) atoms. The van der Waals surface area contributed by atoms with Crippen molar-refractivity contribution in [1.29, 1.82) is 0 Å². The van der Waals surface area contributed by atoms with Gasteiger partial charge in [-0.2, -0.15) is 5.10 Å². The summed E-state index contributed by atoms with van der Waals surface area (Å²) in [6.07, 6.45) is 1.15. The van der Waals surface area contributed by atoms with Crippen molar-refractivity contribution in [2.75, 3.05) is 18.2 Å². The zero-order valence-electron chi connectivity index (χ0n) is 14.0. The van der Waals surface area contributed by atoms with Crippen LogP contribution in [0, 0.1) is 0 Å². The Morgan fingerprint density at radius 2 is 2.04 bits per heavy atom. The number of ether oxygens (including phenoxy) is 2. The summed E-state index contributed by atoms with van der Waals surface area (Å²) in [5, 5.41) is 6.80. The summed E-state index contributed by atoms with van der Waals surface area (Å²) in [5.74, 6) is 1.07. The lowest BCUT2D eigenvalue weighted by atomic mass is 10.1. The van der Waals surface area contributed by atoms with Gasteiger partial charge in [-0.3, -0.25) is 10.00 Å². The molecule has 1 aromatic carbocycles. The van der Waals surface area contributed by atoms with Crippen LogP contribution < -0.4 is 15.8 Å². The molecular formula is C16H22N4O3. The zero-order chi connectivity index (χ0) is 17.2. The van der Waals surface area contributed by atoms with E-state index in [9.17, 15) is 4.79 Å². The highest BCUT2D eigenvalue weighted by Crippen LogP contribution is 2.33. The van der Waals surface area contributed by atoms with Gasteiger partial charge in [-0.05, 0) is 38.5 Å². The Morgan fingerprint density at radius 3 is 2.57 bits per heavy atom. The number of hydrogen-bond acceptors (Lipinski definition) is 5. The van der Waals surface area contributed by atoms with Gasteiger partial charge in [0.2, 0.25) is 0 Å². The molecule has 0 radical (unpaired) electrons. The van der Waals surface area contributed by atoms with E-state index in [1.807, 2.05) is 6.07 Å². The lowest BCUT2D eigenvalue weighted by Gasteiger charge is -2.20. The largest absolute Gasteiger partial charge is 0.495 e. The summed E-state index contributed by atoms with van der Waals surface area (Å²) < 4.78 is 12.2. The quantitative estimate of drug-likeness (QED) is 0.907. The second kappa shape index (κ2) is 6.20. The fourth-order valence-corrected chi connectivity index (χ4v) is 2.04. The van der Waals surface area contributed by atoms with E-state index < -0.39 is 11.7 Å². The molecule has 0 saturated carbocycles. The lowest BCUT2D eigenvalue weighted by molar-refractivity contribution is 0.0635. The van der Waals surface area contributed by atoms with Crippen LogP contribution in [-0.2, 0) is 11.8 Å². The van der Waals surface area contributed by atoms with Crippen molar-refractivity contribution in [3.8, 4) is 16.9 Å². The monoisotopic (exact) mass is 318 g/mol. The molecule has 0 saturated heterocycles. The van der Waals surface area contributed by atoms with Crippen molar-refractivity contribution in [1.82, 2.24) is 9.78 Å². The Balaban J connectivity index is 2.27. The van der Waals surface area contributed by atoms with Crippen LogP contribution in [0.3, 0.4) is 0 Å². The van der Waals surface area contributed by atoms with Crippen LogP contribution >= 0.6 is 0 Å². The first-order valence-corrected chi connectivity index (χ1v) is 7.17. The standard InChI is InChI=1S/C16H22N4O3/c1-16(2,3)23-15(21)19-12-7-6-10(8-13(12)22-5)11-9-18-20(4)14(11)17/h6-9H,17H2,1-5H3,(H,19,21). The Hall–Kier alpha value is -2.70. The number of rotatable bonds is 3. The highest BCUT2D eigenvalue weighted by atomic mass is 16.6. The fourth-order valence-electron chi connectivity index (χ4n) is 2.04. The first-order valence-electron chi connectivity index (χ1n) is 7.17. The first-order chi connectivity index (χ1) is 10.7. The predicted molar refractivity (Wildman–Crippen MR) is 89.5 cm³/mol. The Labute approximate surface area is 135 Å². The van der Waals surface area contributed by atoms with Crippen molar-refractivity contribution in [2.24, 2.45) is 7.05 Å². The van der Waals surface area contributed by atoms with E-state index in [0.717, 1.165) is 11.1 Å². The third-order valence-corrected chi connectivity index (χ3v) is 3.13. The molecule has 1 aromatic heterocycles. The number of nitrogens with two attached hydrogens (primary N) is 1. The number of hydrogen-bond donors (Lipinski definition) is 2. The molecule has 0 aliphatic rings. The van der Waals surface area contributed by atoms with E-state index in [2.05, 4.69) is 10.4 Å². The molecule has 0 aliphatic carbocycles. The summed E-state index contributed by atoms with van der Waals surface area (Å²) >= 11 is 0. The maximum absolute atomic E-state index is 11.9. The molecule has 0 unspecified atom stereocenters. The Morgan fingerprint density at radius 1 is 1.35 bits per heavy atom. The second-order valence-corrected chi connectivity index (χ2v) is 6.11. The van der Waals surface area contributed by atoms with Crippen LogP contribution in [0.25, 0.3) is 11.1 Å². The normalized spacial score (nSPS) is 11.2. The molecule has 2 aromatic rings. The number of amides is 1. The highest BCUT2D eigenvalue weighted by Gasteiger charge is 2.18. The molecule has 0 fully saturated rings. The third-order valence-electron chi connectivity index (χ3n) is 3.13. The summed E-state index contributed by atoms with van der Waals surface area (Å²) in [4.78, 5) is 11.9. The maximum atomic E-state index is 11.9. The van der Waals surface area contributed by atoms with E-state index >= 15 is 0 Å². The minimum atomic E-state index is -0.568. The lowest BCUT2D eigenvalue weighted by Crippen LogP contribution is -2.27. The van der Waals surface area contributed by atoms with Gasteiger partial charge in [0.15, 0.2) is 0 Å². The van der Waals surface area contributed by atoms with Crippen LogP contribution in [-0.4, -0.2) is 28.6 Å². The van der Waals surface area contributed by atoms with Crippen LogP contribution in [0.2, 0.25) is 0 Å². The summed E-state index contributed by atoms with van der Waals surface area (Å²) in [6, 6.07) is 5.37. The number of anilines is 2. The van der Waals surface area contributed by atoms with E-state index in [0.29, 0.717) is 17.3 Å². The molecule has 2 rings (SSSR count). The van der Waals surface area contributed by atoms with Gasteiger partial charge in [0.25, 0.3) is 0 Å². The van der Waals surface area contributed by atoms with Crippen molar-refractivity contribution < 1.29 is 14.3 Å². The van der Waals surface area contributed by atoms with Crippen molar-refractivity contribution in [3.63, 3.8) is 0 Å². The topological polar surface area (TPSA) is 91.4 Å². The van der Waals surface area contributed by atoms with E-state index in [1.54, 1.807) is 50.8 Å². The summed E-state index contributed by atoms with van der Waals surface area (Å²) in [5.41, 5.74) is 7.59. The molecule has 0 atom stereocenters. The van der Waals surface area contributed by atoms with Gasteiger partial charge in [0, 0.05) is 12.6 Å². The van der Waals surface area contributed by atoms with Crippen molar-refractivity contribution in [2.45, 2.75) is 26.4 Å². The van der Waals surface area contributed by atoms with Gasteiger partial charge in [0.05, 0.1) is 19.0 Å². The number of methoxy groups -OCH3 is 1. The molecule has 0 spiro atoms. The van der Waals surface area contributed by atoms with Gasteiger partial charge < -0.3 is 15.2 Å². The predicted octanol–water partition coefficient (Wildman–Crippen LogP) is 3.02. The molecule has 124 valence electrons. The van der Waals surface area contributed by atoms with Crippen LogP contribution in [0.1, 0.15) is 20.8 Å². The van der Waals surface area contributed by atoms with E-state index in [-0.39, 0.29) is 0 Å². The van der Waals surface area contributed by atoms with Crippen molar-refractivity contribution >= 4 is 17.6 Å². The summed E-state index contributed by atoms with van der Waals surface area (Å²) in [7, 11) is 3.31. The number of aryl methyl sites for hydroxylation is 1. The molecule has 0 bridgehead atoms. The highest BCUT2D eigenvalue weighted by molar-refractivity contribution is 5.88. The van der Waals surface area contributed by atoms with Gasteiger partial charge >= 0.3 is 6.09 Å². The first kappa shape index (κ1) is 16.7. The Bertz CT molecular complexity index is 717. The van der Waals surface area contributed by atoms with Gasteiger partial charge in [-0.25, -0.2) is 4.79 Å². The van der Waals surface area contributed by atoms with Crippen LogP contribution in [0.4, 0.5) is 16.3 Å². The minimum Gasteiger partial charge on any atom is -0.495 e. The number of benzene rings is 1. The molecular weight excluding hydrogens is 296 g/mol. The molecule has 0 aliphatic heterocycles. The average Bonchev–Trinajstić information content (AvgIpc) is 2.77. The van der Waals surface area contributed by atoms with Crippen LogP contribution in [0.5, 0.6) is 5.75 Å². The number of aromatic nitrogens is 2. The number of carbonyl (C=O) groups is 1. The van der Waals surface area contributed by atoms with Crippen molar-refractivity contribution in [3.05, 3.63) is 24.4 Å². The Kier molecular flexibility index (Phi) is 4.49. The van der Waals surface area contributed by atoms with E-state index in [1.165, 1.54) is 7.11 Å². The van der Waals surface area contributed by atoms with Gasteiger partial charge in [-0.15, -0.1) is 0 Å². The third kappa shape index (κ3) is 3.94. The maximum Gasteiger partial charge on any atom is 0.412 e. The fraction of sp³-hybridized carbons (Fsp3) is 0.375. The molecule has 7 heteroatoms. The molecule has 1 amide bonds.